The van der Waals surface area contributed by atoms with E-state index in [2.05, 4.69) is 34.6 Å². The fourth-order valence-corrected chi connectivity index (χ4v) is 12.6. The molecule has 0 aliphatic heterocycles. The van der Waals surface area contributed by atoms with Crippen LogP contribution in [-0.2, 0) is 65.4 Å². The van der Waals surface area contributed by atoms with Crippen molar-refractivity contribution in [1.29, 1.82) is 0 Å². The molecular formula is C72H140O17P2. The summed E-state index contributed by atoms with van der Waals surface area (Å²) in [7, 11) is -9.90. The van der Waals surface area contributed by atoms with Crippen LogP contribution in [0, 0.1) is 5.92 Å². The smallest absolute Gasteiger partial charge is 0.462 e. The Labute approximate surface area is 556 Å². The van der Waals surface area contributed by atoms with E-state index in [-0.39, 0.29) is 25.7 Å². The Hall–Kier alpha value is -1.94. The average Bonchev–Trinajstić information content (AvgIpc) is 3.71. The summed E-state index contributed by atoms with van der Waals surface area (Å²) in [6.45, 7) is 7.23. The highest BCUT2D eigenvalue weighted by molar-refractivity contribution is 7.47. The molecule has 0 fully saturated rings. The van der Waals surface area contributed by atoms with E-state index in [1.165, 1.54) is 186 Å². The second-order valence-corrected chi connectivity index (χ2v) is 29.4. The Morgan fingerprint density at radius 3 is 0.747 bits per heavy atom. The van der Waals surface area contributed by atoms with Gasteiger partial charge in [-0.1, -0.05) is 324 Å². The van der Waals surface area contributed by atoms with Gasteiger partial charge in [0.25, 0.3) is 0 Å². The summed E-state index contributed by atoms with van der Waals surface area (Å²) in [6, 6.07) is 0. The van der Waals surface area contributed by atoms with E-state index in [0.717, 1.165) is 109 Å². The van der Waals surface area contributed by atoms with Crippen molar-refractivity contribution in [3.63, 3.8) is 0 Å². The fourth-order valence-electron chi connectivity index (χ4n) is 11.0. The quantitative estimate of drug-likeness (QED) is 0.0222. The zero-order valence-electron chi connectivity index (χ0n) is 59.0. The lowest BCUT2D eigenvalue weighted by atomic mass is 10.0. The van der Waals surface area contributed by atoms with Crippen molar-refractivity contribution in [3.05, 3.63) is 0 Å². The first kappa shape index (κ1) is 89.1. The predicted octanol–water partition coefficient (Wildman–Crippen LogP) is 20.9. The van der Waals surface area contributed by atoms with Crippen LogP contribution in [0.15, 0.2) is 0 Å². The van der Waals surface area contributed by atoms with Gasteiger partial charge < -0.3 is 33.8 Å². The third-order valence-corrected chi connectivity index (χ3v) is 18.7. The van der Waals surface area contributed by atoms with Gasteiger partial charge in [0.15, 0.2) is 12.2 Å². The monoisotopic (exact) mass is 1340 g/mol. The molecule has 5 atom stereocenters. The number of phosphoric acid groups is 2. The number of aliphatic hydroxyl groups excluding tert-OH is 1. The number of aliphatic hydroxyl groups is 1. The third kappa shape index (κ3) is 66.5. The molecule has 0 radical (unpaired) electrons. The van der Waals surface area contributed by atoms with Crippen LogP contribution in [0.2, 0.25) is 0 Å². The number of esters is 4. The number of carbonyl (C=O) groups is 4. The molecule has 3 N–H and O–H groups in total. The van der Waals surface area contributed by atoms with Gasteiger partial charge in [-0.2, -0.15) is 0 Å². The summed E-state index contributed by atoms with van der Waals surface area (Å²) >= 11 is 0. The highest BCUT2D eigenvalue weighted by Crippen LogP contribution is 2.45. The average molecular weight is 1340 g/mol. The number of ether oxygens (including phenoxy) is 4. The number of carbonyl (C=O) groups excluding carboxylic acids is 4. The van der Waals surface area contributed by atoms with Gasteiger partial charge in [-0.15, -0.1) is 0 Å². The number of rotatable bonds is 72. The Bertz CT molecular complexity index is 1750. The van der Waals surface area contributed by atoms with Crippen LogP contribution in [-0.4, -0.2) is 96.7 Å². The van der Waals surface area contributed by atoms with Crippen LogP contribution >= 0.6 is 15.6 Å². The summed E-state index contributed by atoms with van der Waals surface area (Å²) in [6.07, 6.45) is 52.7. The lowest BCUT2D eigenvalue weighted by Gasteiger charge is -2.21. The first-order valence-corrected chi connectivity index (χ1v) is 40.6. The van der Waals surface area contributed by atoms with Gasteiger partial charge in [-0.3, -0.25) is 37.3 Å². The first-order chi connectivity index (χ1) is 44.0. The molecule has 0 saturated carbocycles. The normalized spacial score (nSPS) is 14.0. The summed E-state index contributed by atoms with van der Waals surface area (Å²) in [5, 5.41) is 10.6. The largest absolute Gasteiger partial charge is 0.472 e. The van der Waals surface area contributed by atoms with Crippen LogP contribution in [0.1, 0.15) is 375 Å². The molecule has 0 saturated heterocycles. The Kier molecular flexibility index (Phi) is 64.0. The maximum absolute atomic E-state index is 13.0. The van der Waals surface area contributed by atoms with Crippen LogP contribution in [0.5, 0.6) is 0 Å². The van der Waals surface area contributed by atoms with Crippen molar-refractivity contribution in [3.8, 4) is 0 Å². The van der Waals surface area contributed by atoms with Gasteiger partial charge in [-0.05, 0) is 31.6 Å². The molecule has 19 heteroatoms. The Morgan fingerprint density at radius 2 is 0.505 bits per heavy atom. The van der Waals surface area contributed by atoms with Gasteiger partial charge in [-0.25, -0.2) is 9.13 Å². The summed E-state index contributed by atoms with van der Waals surface area (Å²) in [4.78, 5) is 72.5. The van der Waals surface area contributed by atoms with Crippen LogP contribution < -0.4 is 0 Å². The van der Waals surface area contributed by atoms with Gasteiger partial charge in [0.2, 0.25) is 0 Å². The molecule has 91 heavy (non-hydrogen) atoms. The SMILES string of the molecule is CCCCCCCCCCCCCCCCCC(=O)OC[C@H](COP(=O)(O)OC[C@@H](O)COP(=O)(O)OC[C@@H](COC(=O)CCCCCCCCC)OC(=O)CCCCCCCCCCCCCC(C)C)OC(=O)CCCCCCCCCCCCCCCCC. The van der Waals surface area contributed by atoms with E-state index in [0.29, 0.717) is 25.7 Å². The highest BCUT2D eigenvalue weighted by atomic mass is 31.2. The topological polar surface area (TPSA) is 237 Å². The van der Waals surface area contributed by atoms with Crippen molar-refractivity contribution in [2.75, 3.05) is 39.6 Å². The summed E-state index contributed by atoms with van der Waals surface area (Å²) < 4.78 is 68.3. The molecule has 0 spiro atoms. The Balaban J connectivity index is 5.20. The lowest BCUT2D eigenvalue weighted by Crippen LogP contribution is -2.30. The second-order valence-electron chi connectivity index (χ2n) is 26.5. The van der Waals surface area contributed by atoms with Gasteiger partial charge >= 0.3 is 39.5 Å². The maximum Gasteiger partial charge on any atom is 0.472 e. The number of unbranched alkanes of at least 4 members (excludes halogenated alkanes) is 44. The number of hydrogen-bond donors (Lipinski definition) is 3. The van der Waals surface area contributed by atoms with Crippen LogP contribution in [0.3, 0.4) is 0 Å². The van der Waals surface area contributed by atoms with E-state index in [9.17, 15) is 43.2 Å². The molecule has 0 aromatic rings. The van der Waals surface area contributed by atoms with Crippen molar-refractivity contribution < 1.29 is 80.2 Å². The molecular weight excluding hydrogens is 1200 g/mol. The van der Waals surface area contributed by atoms with Crippen molar-refractivity contribution in [2.24, 2.45) is 5.92 Å². The van der Waals surface area contributed by atoms with E-state index in [4.69, 9.17) is 37.0 Å². The molecule has 0 amide bonds. The highest BCUT2D eigenvalue weighted by Gasteiger charge is 2.30. The van der Waals surface area contributed by atoms with Crippen molar-refractivity contribution >= 4 is 39.5 Å². The summed E-state index contributed by atoms with van der Waals surface area (Å²) in [5.74, 6) is -1.36. The number of phosphoric ester groups is 2. The second kappa shape index (κ2) is 65.4. The van der Waals surface area contributed by atoms with Crippen molar-refractivity contribution in [2.45, 2.75) is 393 Å². The molecule has 0 aromatic heterocycles. The van der Waals surface area contributed by atoms with E-state index < -0.39 is 97.5 Å². The molecule has 540 valence electrons. The van der Waals surface area contributed by atoms with Crippen LogP contribution in [0.4, 0.5) is 0 Å². The lowest BCUT2D eigenvalue weighted by molar-refractivity contribution is -0.161. The van der Waals surface area contributed by atoms with Crippen molar-refractivity contribution in [1.82, 2.24) is 0 Å². The van der Waals surface area contributed by atoms with E-state index in [1.54, 1.807) is 0 Å². The van der Waals surface area contributed by atoms with Gasteiger partial charge in [0.1, 0.15) is 19.3 Å². The minimum Gasteiger partial charge on any atom is -0.462 e. The van der Waals surface area contributed by atoms with Crippen LogP contribution in [0.25, 0.3) is 0 Å². The fraction of sp³-hybridized carbons (Fsp3) is 0.944. The predicted molar refractivity (Wildman–Crippen MR) is 368 cm³/mol. The molecule has 0 aromatic carbocycles. The minimum absolute atomic E-state index is 0.106. The molecule has 17 nitrogen and oxygen atoms in total. The molecule has 0 rings (SSSR count). The molecule has 0 aliphatic carbocycles. The van der Waals surface area contributed by atoms with E-state index in [1.807, 2.05) is 0 Å². The zero-order chi connectivity index (χ0) is 67.0. The minimum atomic E-state index is -4.95. The molecule has 2 unspecified atom stereocenters. The molecule has 0 heterocycles. The first-order valence-electron chi connectivity index (χ1n) is 37.6. The molecule has 0 aliphatic rings. The zero-order valence-corrected chi connectivity index (χ0v) is 60.8. The Morgan fingerprint density at radius 1 is 0.297 bits per heavy atom. The summed E-state index contributed by atoms with van der Waals surface area (Å²) in [5.41, 5.74) is 0. The van der Waals surface area contributed by atoms with E-state index >= 15 is 0 Å². The maximum atomic E-state index is 13.0. The van der Waals surface area contributed by atoms with Gasteiger partial charge in [0, 0.05) is 25.7 Å². The van der Waals surface area contributed by atoms with Gasteiger partial charge in [0.05, 0.1) is 26.4 Å². The standard InChI is InChI=1S/C72H140O17P2/c1-6-9-12-15-18-20-22-24-26-28-32-36-41-46-51-56-70(75)83-62-68(89-71(76)57-52-47-42-37-33-29-27-25-23-21-19-16-13-10-7-2)64-87-91(80,81)85-60-66(73)59-84-90(78,79)86-63-67(61-82-69(74)55-50-45-39-17-14-11-8-3)88-72(77)58-53-48-43-38-34-30-31-35-40-44-49-54-65(4)5/h65-68,73H,6-64H2,1-5H3,(H,78,79)(H,80,81)/t66-,67+,68+/m0/s1. The third-order valence-electron chi connectivity index (χ3n) is 16.8. The molecule has 0 bridgehead atoms. The number of hydrogen-bond acceptors (Lipinski definition) is 15.